The Morgan fingerprint density at radius 1 is 1.00 bits per heavy atom. The van der Waals surface area contributed by atoms with E-state index in [1.54, 1.807) is 13.8 Å². The molecule has 1 aromatic carbocycles. The van der Waals surface area contributed by atoms with Crippen LogP contribution in [-0.2, 0) is 19.0 Å². The summed E-state index contributed by atoms with van der Waals surface area (Å²) in [4.78, 5) is 0. The van der Waals surface area contributed by atoms with Crippen molar-refractivity contribution >= 4 is 0 Å². The third-order valence-corrected chi connectivity index (χ3v) is 4.25. The first kappa shape index (κ1) is 20.3. The van der Waals surface area contributed by atoms with Crippen LogP contribution in [0.15, 0.2) is 22.7 Å². The topological polar surface area (TPSA) is 35.3 Å². The van der Waals surface area contributed by atoms with Gasteiger partial charge >= 0.3 is 6.18 Å². The van der Waals surface area contributed by atoms with Gasteiger partial charge < -0.3 is 9.26 Å². The van der Waals surface area contributed by atoms with Crippen LogP contribution in [0.3, 0.4) is 0 Å². The van der Waals surface area contributed by atoms with E-state index >= 15 is 0 Å². The van der Waals surface area contributed by atoms with Gasteiger partial charge in [0.05, 0.1) is 17.9 Å². The molecule has 0 spiro atoms. The number of unbranched alkanes of at least 4 members (excludes halogenated alkanes) is 2. The number of ether oxygens (including phenoxy) is 1. The lowest BCUT2D eigenvalue weighted by atomic mass is 10.1. The monoisotopic (exact) mass is 369 g/mol. The summed E-state index contributed by atoms with van der Waals surface area (Å²) in [6.45, 7) is 5.85. The van der Waals surface area contributed by atoms with Gasteiger partial charge in [0.2, 0.25) is 0 Å². The average Bonchev–Trinajstić information content (AvgIpc) is 3.00. The Morgan fingerprint density at radius 3 is 2.31 bits per heavy atom. The van der Waals surface area contributed by atoms with Crippen molar-refractivity contribution in [2.45, 2.75) is 65.5 Å². The predicted molar refractivity (Wildman–Crippen MR) is 94.5 cm³/mol. The molecule has 0 bridgehead atoms. The second-order valence-corrected chi connectivity index (χ2v) is 6.63. The highest BCUT2D eigenvalue weighted by Gasteiger charge is 2.31. The highest BCUT2D eigenvalue weighted by molar-refractivity contribution is 5.44. The molecule has 2 aromatic rings. The fraction of sp³-hybridized carbons (Fsp3) is 0.550. The van der Waals surface area contributed by atoms with Crippen molar-refractivity contribution in [1.29, 1.82) is 0 Å². The molecule has 0 fully saturated rings. The molecular formula is C20H26F3NO2. The van der Waals surface area contributed by atoms with Crippen LogP contribution < -0.4 is 4.74 Å². The zero-order valence-electron chi connectivity index (χ0n) is 15.6. The van der Waals surface area contributed by atoms with Crippen molar-refractivity contribution in [3.63, 3.8) is 0 Å². The summed E-state index contributed by atoms with van der Waals surface area (Å²) in [5, 5.41) is 4.06. The molecule has 3 nitrogen and oxygen atoms in total. The molecule has 6 heteroatoms. The first-order valence-corrected chi connectivity index (χ1v) is 9.07. The number of hydrogen-bond acceptors (Lipinski definition) is 3. The average molecular weight is 369 g/mol. The molecule has 0 aliphatic heterocycles. The summed E-state index contributed by atoms with van der Waals surface area (Å²) in [6, 6.07) is 4.23. The van der Waals surface area contributed by atoms with Gasteiger partial charge in [-0.1, -0.05) is 24.9 Å². The van der Waals surface area contributed by atoms with E-state index in [0.29, 0.717) is 36.3 Å². The van der Waals surface area contributed by atoms with Gasteiger partial charge in [0, 0.05) is 12.5 Å². The van der Waals surface area contributed by atoms with Gasteiger partial charge in [0.15, 0.2) is 0 Å². The molecule has 144 valence electrons. The molecule has 1 heterocycles. The smallest absolute Gasteiger partial charge is 0.416 e. The lowest BCUT2D eigenvalue weighted by molar-refractivity contribution is -0.137. The van der Waals surface area contributed by atoms with Crippen molar-refractivity contribution in [3.05, 3.63) is 46.3 Å². The van der Waals surface area contributed by atoms with Gasteiger partial charge in [-0.3, -0.25) is 0 Å². The highest BCUT2D eigenvalue weighted by atomic mass is 19.4. The summed E-state index contributed by atoms with van der Waals surface area (Å²) in [6.07, 6.45) is 1.46. The van der Waals surface area contributed by atoms with Crippen molar-refractivity contribution in [1.82, 2.24) is 5.16 Å². The van der Waals surface area contributed by atoms with Gasteiger partial charge in [0.25, 0.3) is 0 Å². The van der Waals surface area contributed by atoms with Gasteiger partial charge in [-0.05, 0) is 56.4 Å². The van der Waals surface area contributed by atoms with E-state index in [1.165, 1.54) is 12.8 Å². The zero-order valence-corrected chi connectivity index (χ0v) is 15.6. The van der Waals surface area contributed by atoms with Gasteiger partial charge in [-0.2, -0.15) is 13.2 Å². The Hall–Kier alpha value is -1.98. The Labute approximate surface area is 152 Å². The Bertz CT molecular complexity index is 684. The highest BCUT2D eigenvalue weighted by Crippen LogP contribution is 2.34. The fourth-order valence-electron chi connectivity index (χ4n) is 2.91. The van der Waals surface area contributed by atoms with Crippen LogP contribution in [0.5, 0.6) is 5.75 Å². The largest absolute Gasteiger partial charge is 0.493 e. The molecule has 0 atom stereocenters. The van der Waals surface area contributed by atoms with E-state index in [4.69, 9.17) is 9.26 Å². The minimum absolute atomic E-state index is 0.416. The zero-order chi connectivity index (χ0) is 19.2. The molecule has 0 radical (unpaired) electrons. The van der Waals surface area contributed by atoms with E-state index in [-0.39, 0.29) is 0 Å². The summed E-state index contributed by atoms with van der Waals surface area (Å²) >= 11 is 0. The van der Waals surface area contributed by atoms with Gasteiger partial charge in [-0.15, -0.1) is 0 Å². The Morgan fingerprint density at radius 2 is 1.69 bits per heavy atom. The van der Waals surface area contributed by atoms with Crippen LogP contribution >= 0.6 is 0 Å². The van der Waals surface area contributed by atoms with Crippen LogP contribution in [0.4, 0.5) is 13.2 Å². The Balaban J connectivity index is 1.83. The normalized spacial score (nSPS) is 11.8. The number of nitrogens with zero attached hydrogens (tertiary/aromatic N) is 1. The van der Waals surface area contributed by atoms with E-state index in [0.717, 1.165) is 36.4 Å². The number of hydrogen-bond donors (Lipinski definition) is 0. The predicted octanol–water partition coefficient (Wildman–Crippen LogP) is 6.05. The van der Waals surface area contributed by atoms with Crippen molar-refractivity contribution in [2.24, 2.45) is 0 Å². The number of alkyl halides is 3. The molecule has 0 saturated heterocycles. The van der Waals surface area contributed by atoms with Crippen LogP contribution in [-0.4, -0.2) is 11.8 Å². The molecule has 0 amide bonds. The molecule has 2 rings (SSSR count). The summed E-state index contributed by atoms with van der Waals surface area (Å²) in [7, 11) is 0. The molecule has 26 heavy (non-hydrogen) atoms. The van der Waals surface area contributed by atoms with E-state index in [2.05, 4.69) is 12.1 Å². The van der Waals surface area contributed by atoms with Crippen LogP contribution in [0.1, 0.15) is 60.8 Å². The molecule has 0 saturated carbocycles. The van der Waals surface area contributed by atoms with Gasteiger partial charge in [0.1, 0.15) is 11.5 Å². The van der Waals surface area contributed by atoms with E-state index in [1.807, 2.05) is 6.07 Å². The number of benzene rings is 1. The summed E-state index contributed by atoms with van der Waals surface area (Å²) in [5.74, 6) is 1.34. The third kappa shape index (κ3) is 5.78. The fourth-order valence-corrected chi connectivity index (χ4v) is 2.91. The molecule has 0 aliphatic carbocycles. The van der Waals surface area contributed by atoms with Gasteiger partial charge in [-0.25, -0.2) is 0 Å². The quantitative estimate of drug-likeness (QED) is 0.504. The maximum atomic E-state index is 12.8. The third-order valence-electron chi connectivity index (χ3n) is 4.25. The number of rotatable bonds is 9. The molecule has 1 aromatic heterocycles. The number of aryl methyl sites for hydroxylation is 4. The molecule has 0 N–H and O–H groups in total. The first-order valence-electron chi connectivity index (χ1n) is 9.07. The minimum Gasteiger partial charge on any atom is -0.493 e. The molecule has 0 aliphatic rings. The maximum absolute atomic E-state index is 12.8. The van der Waals surface area contributed by atoms with Crippen molar-refractivity contribution in [2.75, 3.05) is 6.61 Å². The van der Waals surface area contributed by atoms with Crippen LogP contribution in [0.2, 0.25) is 0 Å². The second-order valence-electron chi connectivity index (χ2n) is 6.63. The maximum Gasteiger partial charge on any atom is 0.416 e. The lowest BCUT2D eigenvalue weighted by Gasteiger charge is -2.15. The van der Waals surface area contributed by atoms with Crippen LogP contribution in [0, 0.1) is 13.8 Å². The first-order chi connectivity index (χ1) is 12.3. The van der Waals surface area contributed by atoms with Crippen molar-refractivity contribution in [3.8, 4) is 5.75 Å². The number of halogens is 3. The van der Waals surface area contributed by atoms with E-state index in [9.17, 15) is 13.2 Å². The summed E-state index contributed by atoms with van der Waals surface area (Å²) in [5.41, 5.74) is 1.33. The minimum atomic E-state index is -4.34. The molecular weight excluding hydrogens is 343 g/mol. The second kappa shape index (κ2) is 9.10. The number of aromatic nitrogens is 1. The Kier molecular flexibility index (Phi) is 7.12. The lowest BCUT2D eigenvalue weighted by Crippen LogP contribution is -2.08. The molecule has 0 unspecified atom stereocenters. The SMILES string of the molecule is CCCCCc1cc(CCCOc2c(C)cc(C(F)(F)F)cc2C)on1. The summed E-state index contributed by atoms with van der Waals surface area (Å²) < 4.78 is 49.5. The van der Waals surface area contributed by atoms with Crippen LogP contribution in [0.25, 0.3) is 0 Å². The standard InChI is InChI=1S/C20H26F3NO2/c1-4-5-6-8-17-13-18(26-24-17)9-7-10-25-19-14(2)11-16(12-15(19)3)20(21,22)23/h11-13H,4-10H2,1-3H3. The van der Waals surface area contributed by atoms with Crippen molar-refractivity contribution < 1.29 is 22.4 Å². The van der Waals surface area contributed by atoms with E-state index < -0.39 is 11.7 Å².